The van der Waals surface area contributed by atoms with Gasteiger partial charge < -0.3 is 45.1 Å². The van der Waals surface area contributed by atoms with Gasteiger partial charge >= 0.3 is 17.9 Å². The number of rotatable bonds is 15. The summed E-state index contributed by atoms with van der Waals surface area (Å²) in [5.74, 6) is -4.02. The van der Waals surface area contributed by atoms with Gasteiger partial charge in [-0.1, -0.05) is 54.6 Å². The summed E-state index contributed by atoms with van der Waals surface area (Å²) in [6.45, 7) is 3.96. The van der Waals surface area contributed by atoms with Crippen LogP contribution in [0.15, 0.2) is 72.8 Å². The van der Waals surface area contributed by atoms with Gasteiger partial charge in [0.1, 0.15) is 18.1 Å². The third-order valence-corrected chi connectivity index (χ3v) is 10.2. The minimum atomic E-state index is -1.07. The SMILES string of the molecule is COC(=O)[C@H](Cc1c(C(c2[nH]c3ccccc3c2C[C@H](NC(C)=O)C(=O)OC)c2[nH]c3ccccc3c2C[C@H](NC(C)=O)C(=O)OC)[nH]c2ccccc12)NC(C)=O. The fourth-order valence-electron chi connectivity index (χ4n) is 7.85. The predicted molar refractivity (Wildman–Crippen MR) is 216 cm³/mol. The molecular weight excluding hydrogens is 745 g/mol. The summed E-state index contributed by atoms with van der Waals surface area (Å²) in [5, 5.41) is 10.6. The fourth-order valence-corrected chi connectivity index (χ4v) is 7.85. The smallest absolute Gasteiger partial charge is 0.328 e. The zero-order valence-corrected chi connectivity index (χ0v) is 33.0. The average molecular weight is 791 g/mol. The summed E-state index contributed by atoms with van der Waals surface area (Å²) in [4.78, 5) is 88.1. The number of amides is 3. The van der Waals surface area contributed by atoms with Crippen LogP contribution in [0.1, 0.15) is 60.5 Å². The fraction of sp³-hybridized carbons (Fsp3) is 0.302. The Hall–Kier alpha value is -6.90. The normalized spacial score (nSPS) is 12.9. The molecule has 0 saturated heterocycles. The molecule has 0 aliphatic rings. The molecule has 302 valence electrons. The van der Waals surface area contributed by atoms with E-state index in [1.807, 2.05) is 72.8 Å². The van der Waals surface area contributed by atoms with Crippen LogP contribution >= 0.6 is 0 Å². The highest BCUT2D eigenvalue weighted by Gasteiger charge is 2.36. The molecular formula is C43H46N6O9. The number of H-pyrrole nitrogens is 3. The van der Waals surface area contributed by atoms with E-state index in [2.05, 4.69) is 30.9 Å². The molecule has 0 bridgehead atoms. The number of methoxy groups -OCH3 is 3. The first-order valence-corrected chi connectivity index (χ1v) is 18.7. The molecule has 0 saturated carbocycles. The number of esters is 3. The van der Waals surface area contributed by atoms with Crippen molar-refractivity contribution >= 4 is 68.3 Å². The molecule has 15 heteroatoms. The van der Waals surface area contributed by atoms with Crippen LogP contribution in [0.2, 0.25) is 0 Å². The van der Waals surface area contributed by atoms with Crippen LogP contribution in [-0.2, 0) is 62.2 Å². The average Bonchev–Trinajstić information content (AvgIpc) is 3.87. The van der Waals surface area contributed by atoms with Crippen LogP contribution in [0.4, 0.5) is 0 Å². The van der Waals surface area contributed by atoms with Gasteiger partial charge in [0.05, 0.1) is 27.2 Å². The highest BCUT2D eigenvalue weighted by molar-refractivity contribution is 5.93. The lowest BCUT2D eigenvalue weighted by Gasteiger charge is -2.24. The van der Waals surface area contributed by atoms with E-state index in [0.717, 1.165) is 32.7 Å². The van der Waals surface area contributed by atoms with Crippen LogP contribution in [0.3, 0.4) is 0 Å². The Morgan fingerprint density at radius 2 is 0.724 bits per heavy atom. The zero-order chi connectivity index (χ0) is 41.7. The lowest BCUT2D eigenvalue weighted by Crippen LogP contribution is -2.42. The van der Waals surface area contributed by atoms with Crippen molar-refractivity contribution in [3.8, 4) is 0 Å². The number of benzene rings is 3. The molecule has 0 unspecified atom stereocenters. The Balaban J connectivity index is 1.72. The second-order valence-electron chi connectivity index (χ2n) is 14.1. The molecule has 3 heterocycles. The van der Waals surface area contributed by atoms with Crippen molar-refractivity contribution in [3.63, 3.8) is 0 Å². The molecule has 3 amide bonds. The van der Waals surface area contributed by atoms with E-state index in [1.54, 1.807) is 0 Å². The van der Waals surface area contributed by atoms with Crippen molar-refractivity contribution in [2.45, 2.75) is 64.1 Å². The summed E-state index contributed by atoms with van der Waals surface area (Å²) < 4.78 is 15.4. The van der Waals surface area contributed by atoms with E-state index in [4.69, 9.17) is 14.2 Å². The second-order valence-corrected chi connectivity index (χ2v) is 14.1. The van der Waals surface area contributed by atoms with Crippen LogP contribution < -0.4 is 16.0 Å². The molecule has 6 rings (SSSR count). The maximum atomic E-state index is 13.3. The van der Waals surface area contributed by atoms with Gasteiger partial charge in [-0.15, -0.1) is 0 Å². The lowest BCUT2D eigenvalue weighted by molar-refractivity contribution is -0.145. The maximum absolute atomic E-state index is 13.3. The molecule has 0 spiro atoms. The summed E-state index contributed by atoms with van der Waals surface area (Å²) >= 11 is 0. The topological polar surface area (TPSA) is 214 Å². The number of carbonyl (C=O) groups excluding carboxylic acids is 6. The predicted octanol–water partition coefficient (Wildman–Crippen LogP) is 3.97. The highest BCUT2D eigenvalue weighted by atomic mass is 16.5. The monoisotopic (exact) mass is 790 g/mol. The van der Waals surface area contributed by atoms with Crippen molar-refractivity contribution in [1.82, 2.24) is 30.9 Å². The summed E-state index contributed by atoms with van der Waals surface area (Å²) in [5.41, 5.74) is 6.07. The summed E-state index contributed by atoms with van der Waals surface area (Å²) in [6, 6.07) is 19.5. The van der Waals surface area contributed by atoms with Gasteiger partial charge in [0.2, 0.25) is 17.7 Å². The quantitative estimate of drug-likeness (QED) is 0.0655. The van der Waals surface area contributed by atoms with Gasteiger partial charge in [-0.3, -0.25) is 14.4 Å². The lowest BCUT2D eigenvalue weighted by atomic mass is 9.85. The highest BCUT2D eigenvalue weighted by Crippen LogP contribution is 2.43. The molecule has 3 atom stereocenters. The van der Waals surface area contributed by atoms with Crippen molar-refractivity contribution in [3.05, 3.63) is 107 Å². The number of hydrogen-bond acceptors (Lipinski definition) is 9. The van der Waals surface area contributed by atoms with Crippen LogP contribution in [0.25, 0.3) is 32.7 Å². The van der Waals surface area contributed by atoms with Gasteiger partial charge in [0, 0.05) is 89.8 Å². The molecule has 0 aliphatic carbocycles. The zero-order valence-electron chi connectivity index (χ0n) is 33.0. The third-order valence-electron chi connectivity index (χ3n) is 10.2. The van der Waals surface area contributed by atoms with E-state index in [9.17, 15) is 28.8 Å². The first kappa shape index (κ1) is 40.8. The molecule has 0 radical (unpaired) electrons. The summed E-state index contributed by atoms with van der Waals surface area (Å²) in [6.07, 6.45) is 0.0434. The Morgan fingerprint density at radius 3 is 0.966 bits per heavy atom. The summed E-state index contributed by atoms with van der Waals surface area (Å²) in [7, 11) is 3.76. The first-order chi connectivity index (χ1) is 27.8. The van der Waals surface area contributed by atoms with Crippen LogP contribution in [-0.4, -0.2) is 90.0 Å². The largest absolute Gasteiger partial charge is 0.467 e. The van der Waals surface area contributed by atoms with Gasteiger partial charge in [-0.2, -0.15) is 0 Å². The standard InChI is InChI=1S/C43H46N6O9/c1-22(50)44-34(41(53)56-4)19-28-25-13-7-10-16-31(25)47-38(28)37(39-29(26-14-8-11-17-32(26)48-39)20-35(42(54)57-5)45-23(2)51)40-30(27-15-9-12-18-33(27)49-40)21-36(43(55)58-6)46-24(3)52/h7-18,34-37,47-49H,19-21H2,1-6H3,(H,44,50)(H,45,51)(H,46,52)/t34-,35-,36-/m0/s1. The number of nitrogens with one attached hydrogen (secondary N) is 6. The molecule has 0 fully saturated rings. The van der Waals surface area contributed by atoms with E-state index in [0.29, 0.717) is 33.8 Å². The number of aromatic nitrogens is 3. The van der Waals surface area contributed by atoms with Gasteiger partial charge in [-0.05, 0) is 34.9 Å². The Bertz CT molecular complexity index is 2260. The molecule has 15 nitrogen and oxygen atoms in total. The molecule has 3 aromatic heterocycles. The number of ether oxygens (including phenoxy) is 3. The van der Waals surface area contributed by atoms with Crippen molar-refractivity contribution in [2.75, 3.05) is 21.3 Å². The van der Waals surface area contributed by atoms with Crippen LogP contribution in [0, 0.1) is 0 Å². The van der Waals surface area contributed by atoms with E-state index in [-0.39, 0.29) is 19.3 Å². The minimum Gasteiger partial charge on any atom is -0.467 e. The Morgan fingerprint density at radius 1 is 0.466 bits per heavy atom. The van der Waals surface area contributed by atoms with Crippen molar-refractivity contribution in [1.29, 1.82) is 0 Å². The molecule has 58 heavy (non-hydrogen) atoms. The maximum Gasteiger partial charge on any atom is 0.328 e. The Kier molecular flexibility index (Phi) is 12.3. The number of hydrogen-bond donors (Lipinski definition) is 6. The number of aromatic amines is 3. The molecule has 3 aromatic carbocycles. The van der Waals surface area contributed by atoms with E-state index < -0.39 is 59.7 Å². The van der Waals surface area contributed by atoms with Gasteiger partial charge in [0.25, 0.3) is 0 Å². The number of para-hydroxylation sites is 3. The molecule has 6 N–H and O–H groups in total. The number of carbonyl (C=O) groups is 6. The van der Waals surface area contributed by atoms with Crippen molar-refractivity contribution in [2.24, 2.45) is 0 Å². The Labute approximate surface area is 333 Å². The van der Waals surface area contributed by atoms with E-state index >= 15 is 0 Å². The third kappa shape index (κ3) is 8.43. The van der Waals surface area contributed by atoms with Crippen LogP contribution in [0.5, 0.6) is 0 Å². The van der Waals surface area contributed by atoms with Crippen molar-refractivity contribution < 1.29 is 43.0 Å². The second kappa shape index (κ2) is 17.5. The number of fused-ring (bicyclic) bond motifs is 3. The van der Waals surface area contributed by atoms with Gasteiger partial charge in [-0.25, -0.2) is 14.4 Å². The minimum absolute atomic E-state index is 0.0145. The molecule has 6 aromatic rings. The molecule has 0 aliphatic heterocycles. The first-order valence-electron chi connectivity index (χ1n) is 18.7. The van der Waals surface area contributed by atoms with E-state index in [1.165, 1.54) is 42.1 Å². The van der Waals surface area contributed by atoms with Gasteiger partial charge in [0.15, 0.2) is 0 Å².